The smallest absolute Gasteiger partial charge is 0.265 e. The topological polar surface area (TPSA) is 82.2 Å². The van der Waals surface area contributed by atoms with Crippen LogP contribution in [0, 0.1) is 0 Å². The number of nitrogens with two attached hydrogens (primary N) is 1. The second-order valence-corrected chi connectivity index (χ2v) is 4.77. The fourth-order valence-corrected chi connectivity index (χ4v) is 2.05. The lowest BCUT2D eigenvalue weighted by Gasteiger charge is -2.10. The van der Waals surface area contributed by atoms with Crippen LogP contribution in [0.25, 0.3) is 0 Å². The van der Waals surface area contributed by atoms with E-state index < -0.39 is 0 Å². The van der Waals surface area contributed by atoms with E-state index in [2.05, 4.69) is 26.5 Å². The minimum atomic E-state index is -0.342. The zero-order valence-corrected chi connectivity index (χ0v) is 11.8. The number of aromatic nitrogens is 2. The molecule has 0 unspecified atom stereocenters. The van der Waals surface area contributed by atoms with Crippen molar-refractivity contribution in [2.75, 3.05) is 7.11 Å². The Labute approximate surface area is 118 Å². The lowest BCUT2D eigenvalue weighted by Crippen LogP contribution is -2.30. The van der Waals surface area contributed by atoms with Crippen molar-refractivity contribution in [2.24, 2.45) is 5.84 Å². The first-order valence-electron chi connectivity index (χ1n) is 5.50. The SMILES string of the molecule is COc1ccc(C(=O)NN)cc1Cn1cc(Br)cn1. The van der Waals surface area contributed by atoms with E-state index >= 15 is 0 Å². The number of benzene rings is 1. The molecule has 0 radical (unpaired) electrons. The minimum Gasteiger partial charge on any atom is -0.496 e. The Bertz CT molecular complexity index is 597. The summed E-state index contributed by atoms with van der Waals surface area (Å²) in [5, 5.41) is 4.17. The molecule has 0 spiro atoms. The van der Waals surface area contributed by atoms with Gasteiger partial charge in [0.15, 0.2) is 0 Å². The summed E-state index contributed by atoms with van der Waals surface area (Å²) in [6, 6.07) is 5.12. The van der Waals surface area contributed by atoms with Crippen molar-refractivity contribution in [2.45, 2.75) is 6.54 Å². The molecule has 3 N–H and O–H groups in total. The number of hydrogen-bond acceptors (Lipinski definition) is 4. The Morgan fingerprint density at radius 2 is 2.37 bits per heavy atom. The van der Waals surface area contributed by atoms with Crippen molar-refractivity contribution in [3.63, 3.8) is 0 Å². The predicted octanol–water partition coefficient (Wildman–Crippen LogP) is 1.31. The van der Waals surface area contributed by atoms with Crippen LogP contribution in [-0.2, 0) is 6.54 Å². The van der Waals surface area contributed by atoms with Gasteiger partial charge in [-0.3, -0.25) is 14.9 Å². The maximum Gasteiger partial charge on any atom is 0.265 e. The van der Waals surface area contributed by atoms with Crippen LogP contribution in [-0.4, -0.2) is 22.8 Å². The monoisotopic (exact) mass is 324 g/mol. The minimum absolute atomic E-state index is 0.342. The van der Waals surface area contributed by atoms with Crippen molar-refractivity contribution in [3.8, 4) is 5.75 Å². The number of methoxy groups -OCH3 is 1. The highest BCUT2D eigenvalue weighted by atomic mass is 79.9. The largest absolute Gasteiger partial charge is 0.496 e. The molecule has 2 rings (SSSR count). The molecule has 0 bridgehead atoms. The molecule has 0 atom stereocenters. The number of nitrogens with one attached hydrogen (secondary N) is 1. The van der Waals surface area contributed by atoms with E-state index in [4.69, 9.17) is 10.6 Å². The highest BCUT2D eigenvalue weighted by Gasteiger charge is 2.10. The number of nitrogens with zero attached hydrogens (tertiary/aromatic N) is 2. The van der Waals surface area contributed by atoms with Crippen LogP contribution < -0.4 is 16.0 Å². The van der Waals surface area contributed by atoms with Crippen LogP contribution in [0.15, 0.2) is 35.1 Å². The highest BCUT2D eigenvalue weighted by molar-refractivity contribution is 9.10. The van der Waals surface area contributed by atoms with Crippen LogP contribution in [0.3, 0.4) is 0 Å². The summed E-state index contributed by atoms with van der Waals surface area (Å²) >= 11 is 3.33. The van der Waals surface area contributed by atoms with Gasteiger partial charge in [0.1, 0.15) is 5.75 Å². The molecule has 0 fully saturated rings. The fourth-order valence-electron chi connectivity index (χ4n) is 1.73. The van der Waals surface area contributed by atoms with Gasteiger partial charge in [0.05, 0.1) is 24.3 Å². The lowest BCUT2D eigenvalue weighted by atomic mass is 10.1. The standard InChI is InChI=1S/C12H13BrN4O2/c1-19-11-3-2-8(12(18)16-14)4-9(11)6-17-7-10(13)5-15-17/h2-5,7H,6,14H2,1H3,(H,16,18). The number of rotatable bonds is 4. The number of hydrogen-bond donors (Lipinski definition) is 2. The van der Waals surface area contributed by atoms with Crippen molar-refractivity contribution in [1.29, 1.82) is 0 Å². The summed E-state index contributed by atoms with van der Waals surface area (Å²) in [4.78, 5) is 11.5. The molecule has 1 amide bonds. The van der Waals surface area contributed by atoms with Gasteiger partial charge in [0, 0.05) is 17.3 Å². The lowest BCUT2D eigenvalue weighted by molar-refractivity contribution is 0.0953. The van der Waals surface area contributed by atoms with E-state index in [9.17, 15) is 4.79 Å². The molecule has 1 aromatic carbocycles. The van der Waals surface area contributed by atoms with Gasteiger partial charge >= 0.3 is 0 Å². The number of halogens is 1. The Kier molecular flexibility index (Phi) is 4.18. The van der Waals surface area contributed by atoms with Gasteiger partial charge < -0.3 is 4.74 Å². The molecule has 0 saturated heterocycles. The van der Waals surface area contributed by atoms with Gasteiger partial charge in [0.25, 0.3) is 5.91 Å². The van der Waals surface area contributed by atoms with E-state index in [1.165, 1.54) is 0 Å². The summed E-state index contributed by atoms with van der Waals surface area (Å²) in [5.41, 5.74) is 3.43. The number of ether oxygens (including phenoxy) is 1. The summed E-state index contributed by atoms with van der Waals surface area (Å²) in [6.07, 6.45) is 3.54. The van der Waals surface area contributed by atoms with Gasteiger partial charge in [-0.2, -0.15) is 5.10 Å². The molecule has 19 heavy (non-hydrogen) atoms. The van der Waals surface area contributed by atoms with Crippen LogP contribution in [0.1, 0.15) is 15.9 Å². The van der Waals surface area contributed by atoms with Gasteiger partial charge in [-0.05, 0) is 34.1 Å². The average molecular weight is 325 g/mol. The Morgan fingerprint density at radius 1 is 1.58 bits per heavy atom. The van der Waals surface area contributed by atoms with Crippen LogP contribution in [0.5, 0.6) is 5.75 Å². The zero-order chi connectivity index (χ0) is 13.8. The van der Waals surface area contributed by atoms with Crippen LogP contribution in [0.2, 0.25) is 0 Å². The number of hydrazine groups is 1. The van der Waals surface area contributed by atoms with Crippen molar-refractivity contribution in [3.05, 3.63) is 46.2 Å². The van der Waals surface area contributed by atoms with Gasteiger partial charge in [-0.25, -0.2) is 5.84 Å². The van der Waals surface area contributed by atoms with E-state index in [1.807, 2.05) is 6.20 Å². The van der Waals surface area contributed by atoms with E-state index in [0.29, 0.717) is 17.9 Å². The normalized spacial score (nSPS) is 10.3. The number of amides is 1. The molecule has 0 aliphatic rings. The summed E-state index contributed by atoms with van der Waals surface area (Å²) < 4.78 is 7.91. The molecular formula is C12H13BrN4O2. The molecule has 1 heterocycles. The second kappa shape index (κ2) is 5.85. The van der Waals surface area contributed by atoms with Crippen molar-refractivity contribution in [1.82, 2.24) is 15.2 Å². The first kappa shape index (κ1) is 13.6. The maximum absolute atomic E-state index is 11.5. The molecule has 6 nitrogen and oxygen atoms in total. The molecule has 0 aliphatic carbocycles. The van der Waals surface area contributed by atoms with Crippen molar-refractivity contribution < 1.29 is 9.53 Å². The van der Waals surface area contributed by atoms with E-state index in [0.717, 1.165) is 10.0 Å². The Balaban J connectivity index is 2.33. The van der Waals surface area contributed by atoms with Gasteiger partial charge in [-0.1, -0.05) is 0 Å². The Morgan fingerprint density at radius 3 is 2.95 bits per heavy atom. The summed E-state index contributed by atoms with van der Waals surface area (Å²) in [7, 11) is 1.58. The second-order valence-electron chi connectivity index (χ2n) is 3.86. The molecular weight excluding hydrogens is 312 g/mol. The Hall–Kier alpha value is -1.86. The first-order valence-corrected chi connectivity index (χ1v) is 6.29. The van der Waals surface area contributed by atoms with Crippen molar-refractivity contribution >= 4 is 21.8 Å². The van der Waals surface area contributed by atoms with Crippen LogP contribution in [0.4, 0.5) is 0 Å². The predicted molar refractivity (Wildman–Crippen MR) is 73.7 cm³/mol. The van der Waals surface area contributed by atoms with E-state index in [-0.39, 0.29) is 5.91 Å². The quantitative estimate of drug-likeness (QED) is 0.504. The third-order valence-electron chi connectivity index (χ3n) is 2.61. The average Bonchev–Trinajstić information content (AvgIpc) is 2.83. The molecule has 0 saturated carbocycles. The third-order valence-corrected chi connectivity index (χ3v) is 3.02. The molecule has 1 aromatic heterocycles. The highest BCUT2D eigenvalue weighted by Crippen LogP contribution is 2.21. The number of carbonyl (C=O) groups is 1. The number of nitrogen functional groups attached to an aromatic ring is 1. The first-order chi connectivity index (χ1) is 9.13. The summed E-state index contributed by atoms with van der Waals surface area (Å²) in [5.74, 6) is 5.48. The molecule has 100 valence electrons. The van der Waals surface area contributed by atoms with Crippen LogP contribution >= 0.6 is 15.9 Å². The third kappa shape index (κ3) is 3.12. The maximum atomic E-state index is 11.5. The van der Waals surface area contributed by atoms with E-state index in [1.54, 1.807) is 36.2 Å². The molecule has 7 heteroatoms. The van der Waals surface area contributed by atoms with Gasteiger partial charge in [-0.15, -0.1) is 0 Å². The fraction of sp³-hybridized carbons (Fsp3) is 0.167. The molecule has 2 aromatic rings. The molecule has 0 aliphatic heterocycles. The number of carbonyl (C=O) groups excluding carboxylic acids is 1. The van der Waals surface area contributed by atoms with Gasteiger partial charge in [0.2, 0.25) is 0 Å². The summed E-state index contributed by atoms with van der Waals surface area (Å²) in [6.45, 7) is 0.500. The zero-order valence-electron chi connectivity index (χ0n) is 10.3.